The maximum Gasteiger partial charge on any atom is 0.254 e. The summed E-state index contributed by atoms with van der Waals surface area (Å²) in [6.07, 6.45) is 5.52. The Balaban J connectivity index is 1.52. The largest absolute Gasteiger partial charge is 0.493 e. The minimum Gasteiger partial charge on any atom is -0.493 e. The van der Waals surface area contributed by atoms with Gasteiger partial charge in [0.2, 0.25) is 0 Å². The number of aromatic nitrogens is 2. The van der Waals surface area contributed by atoms with Crippen molar-refractivity contribution in [3.63, 3.8) is 0 Å². The van der Waals surface area contributed by atoms with Gasteiger partial charge in [0.05, 0.1) is 24.5 Å². The summed E-state index contributed by atoms with van der Waals surface area (Å²) in [7, 11) is 1.56. The highest BCUT2D eigenvalue weighted by Crippen LogP contribution is 2.30. The molecule has 3 heterocycles. The van der Waals surface area contributed by atoms with Crippen molar-refractivity contribution in [1.82, 2.24) is 15.0 Å². The molecule has 4 rings (SSSR count). The van der Waals surface area contributed by atoms with E-state index in [-0.39, 0.29) is 12.0 Å². The predicted molar refractivity (Wildman–Crippen MR) is 121 cm³/mol. The van der Waals surface area contributed by atoms with E-state index in [1.165, 1.54) is 0 Å². The molecule has 1 atom stereocenters. The van der Waals surface area contributed by atoms with Crippen molar-refractivity contribution in [2.45, 2.75) is 45.9 Å². The van der Waals surface area contributed by atoms with E-state index in [9.17, 15) is 4.79 Å². The van der Waals surface area contributed by atoms with Crippen LogP contribution < -0.4 is 9.47 Å². The number of methoxy groups -OCH3 is 1. The van der Waals surface area contributed by atoms with Crippen LogP contribution in [0.1, 0.15) is 45.8 Å². The summed E-state index contributed by atoms with van der Waals surface area (Å²) < 4.78 is 22.5. The fraction of sp³-hybridized carbons (Fsp3) is 0.400. The van der Waals surface area contributed by atoms with E-state index in [1.807, 2.05) is 30.9 Å². The lowest BCUT2D eigenvalue weighted by Gasteiger charge is -2.26. The average molecular weight is 452 g/mol. The fourth-order valence-electron chi connectivity index (χ4n) is 3.93. The molecule has 0 aliphatic carbocycles. The number of ether oxygens (including phenoxy) is 3. The number of rotatable bonds is 9. The van der Waals surface area contributed by atoms with Gasteiger partial charge < -0.3 is 23.6 Å². The van der Waals surface area contributed by atoms with Crippen LogP contribution in [0, 0.1) is 13.8 Å². The van der Waals surface area contributed by atoms with Crippen LogP contribution in [0.25, 0.3) is 0 Å². The smallest absolute Gasteiger partial charge is 0.254 e. The van der Waals surface area contributed by atoms with Gasteiger partial charge in [0.25, 0.3) is 5.91 Å². The summed E-state index contributed by atoms with van der Waals surface area (Å²) in [5.74, 6) is 1.67. The second-order valence-corrected chi connectivity index (χ2v) is 8.14. The molecule has 174 valence electrons. The summed E-state index contributed by atoms with van der Waals surface area (Å²) in [6, 6.07) is 9.09. The second kappa shape index (κ2) is 10.5. The molecule has 1 amide bonds. The molecule has 1 aromatic carbocycles. The van der Waals surface area contributed by atoms with Crippen molar-refractivity contribution in [3.8, 4) is 11.5 Å². The van der Waals surface area contributed by atoms with E-state index < -0.39 is 0 Å². The van der Waals surface area contributed by atoms with E-state index in [4.69, 9.17) is 18.7 Å². The van der Waals surface area contributed by atoms with Gasteiger partial charge in [-0.3, -0.25) is 9.78 Å². The molecular weight excluding hydrogens is 422 g/mol. The molecule has 0 saturated carbocycles. The van der Waals surface area contributed by atoms with Gasteiger partial charge in [0.1, 0.15) is 12.4 Å². The zero-order valence-electron chi connectivity index (χ0n) is 19.2. The molecule has 33 heavy (non-hydrogen) atoms. The normalized spacial score (nSPS) is 15.4. The van der Waals surface area contributed by atoms with Crippen LogP contribution >= 0.6 is 0 Å². The third-order valence-electron chi connectivity index (χ3n) is 5.80. The molecule has 8 heteroatoms. The highest BCUT2D eigenvalue weighted by molar-refractivity contribution is 5.95. The SMILES string of the molecule is COc1cc(C(=O)N(Cc2cccnc2)CC2CCCO2)ccc1OCc1c(C)noc1C. The number of benzene rings is 1. The van der Waals surface area contributed by atoms with Crippen LogP contribution in [0.5, 0.6) is 11.5 Å². The lowest BCUT2D eigenvalue weighted by molar-refractivity contribution is 0.0507. The summed E-state index contributed by atoms with van der Waals surface area (Å²) in [5, 5.41) is 3.95. The van der Waals surface area contributed by atoms with Gasteiger partial charge in [-0.1, -0.05) is 11.2 Å². The van der Waals surface area contributed by atoms with Crippen LogP contribution in [0.15, 0.2) is 47.2 Å². The number of carbonyl (C=O) groups excluding carboxylic acids is 1. The maximum atomic E-state index is 13.5. The third-order valence-corrected chi connectivity index (χ3v) is 5.80. The Hall–Kier alpha value is -3.39. The van der Waals surface area contributed by atoms with Crippen LogP contribution in [0.2, 0.25) is 0 Å². The van der Waals surface area contributed by atoms with Gasteiger partial charge in [0.15, 0.2) is 11.5 Å². The van der Waals surface area contributed by atoms with Crippen molar-refractivity contribution in [2.24, 2.45) is 0 Å². The Morgan fingerprint density at radius 3 is 2.79 bits per heavy atom. The van der Waals surface area contributed by atoms with Crippen LogP contribution in [-0.2, 0) is 17.9 Å². The average Bonchev–Trinajstić information content (AvgIpc) is 3.47. The molecule has 1 aliphatic rings. The van der Waals surface area contributed by atoms with E-state index >= 15 is 0 Å². The van der Waals surface area contributed by atoms with Crippen molar-refractivity contribution in [3.05, 3.63) is 70.9 Å². The van der Waals surface area contributed by atoms with E-state index in [2.05, 4.69) is 10.1 Å². The monoisotopic (exact) mass is 451 g/mol. The summed E-state index contributed by atoms with van der Waals surface area (Å²) in [4.78, 5) is 19.5. The van der Waals surface area contributed by atoms with Crippen molar-refractivity contribution < 1.29 is 23.5 Å². The summed E-state index contributed by atoms with van der Waals surface area (Å²) in [6.45, 7) is 5.75. The van der Waals surface area contributed by atoms with Gasteiger partial charge in [0, 0.05) is 37.7 Å². The Labute approximate surface area is 193 Å². The topological polar surface area (TPSA) is 86.9 Å². The maximum absolute atomic E-state index is 13.5. The Kier molecular flexibility index (Phi) is 7.24. The van der Waals surface area contributed by atoms with E-state index in [0.717, 1.165) is 42.0 Å². The summed E-state index contributed by atoms with van der Waals surface area (Å²) >= 11 is 0. The molecule has 0 bridgehead atoms. The quantitative estimate of drug-likeness (QED) is 0.484. The first-order chi connectivity index (χ1) is 16.0. The molecule has 0 spiro atoms. The standard InChI is InChI=1S/C25H29N3O5/c1-17-22(18(2)33-27-17)16-32-23-9-8-20(12-24(23)30-3)25(29)28(15-21-7-5-11-31-21)14-19-6-4-10-26-13-19/h4,6,8-10,12-13,21H,5,7,11,14-16H2,1-3H3. The number of aryl methyl sites for hydroxylation is 2. The first-order valence-corrected chi connectivity index (χ1v) is 11.1. The third kappa shape index (κ3) is 5.51. The molecule has 1 unspecified atom stereocenters. The number of nitrogens with zero attached hydrogens (tertiary/aromatic N) is 3. The lowest BCUT2D eigenvalue weighted by Crippen LogP contribution is -2.37. The number of carbonyl (C=O) groups is 1. The van der Waals surface area contributed by atoms with Crippen molar-refractivity contribution in [2.75, 3.05) is 20.3 Å². The van der Waals surface area contributed by atoms with Gasteiger partial charge in [-0.15, -0.1) is 0 Å². The minimum absolute atomic E-state index is 0.0465. The number of hydrogen-bond acceptors (Lipinski definition) is 7. The molecule has 1 aliphatic heterocycles. The Morgan fingerprint density at radius 2 is 2.12 bits per heavy atom. The predicted octanol–water partition coefficient (Wildman–Crippen LogP) is 4.10. The minimum atomic E-state index is -0.0927. The molecular formula is C25H29N3O5. The first kappa shape index (κ1) is 22.8. The van der Waals surface area contributed by atoms with E-state index in [0.29, 0.717) is 36.8 Å². The molecule has 2 aromatic heterocycles. The molecule has 0 N–H and O–H groups in total. The highest BCUT2D eigenvalue weighted by atomic mass is 16.5. The van der Waals surface area contributed by atoms with Gasteiger partial charge in [-0.25, -0.2) is 0 Å². The molecule has 8 nitrogen and oxygen atoms in total. The fourth-order valence-corrected chi connectivity index (χ4v) is 3.93. The number of hydrogen-bond donors (Lipinski definition) is 0. The Morgan fingerprint density at radius 1 is 1.24 bits per heavy atom. The molecule has 1 saturated heterocycles. The molecule has 1 fully saturated rings. The number of pyridine rings is 1. The zero-order chi connectivity index (χ0) is 23.2. The van der Waals surface area contributed by atoms with Crippen LogP contribution in [0.3, 0.4) is 0 Å². The van der Waals surface area contributed by atoms with Crippen LogP contribution in [-0.4, -0.2) is 47.3 Å². The highest BCUT2D eigenvalue weighted by Gasteiger charge is 2.25. The van der Waals surface area contributed by atoms with Crippen molar-refractivity contribution in [1.29, 1.82) is 0 Å². The number of amides is 1. The van der Waals surface area contributed by atoms with Gasteiger partial charge in [-0.2, -0.15) is 0 Å². The Bertz CT molecular complexity index is 1060. The molecule has 0 radical (unpaired) electrons. The second-order valence-electron chi connectivity index (χ2n) is 8.14. The van der Waals surface area contributed by atoms with Crippen molar-refractivity contribution >= 4 is 5.91 Å². The van der Waals surface area contributed by atoms with E-state index in [1.54, 1.807) is 37.7 Å². The first-order valence-electron chi connectivity index (χ1n) is 11.1. The van der Waals surface area contributed by atoms with Crippen LogP contribution in [0.4, 0.5) is 0 Å². The summed E-state index contributed by atoms with van der Waals surface area (Å²) in [5.41, 5.74) is 3.18. The van der Waals surface area contributed by atoms with Gasteiger partial charge >= 0.3 is 0 Å². The molecule has 3 aromatic rings. The lowest BCUT2D eigenvalue weighted by atomic mass is 10.1. The van der Waals surface area contributed by atoms with Gasteiger partial charge in [-0.05, 0) is 56.5 Å². The zero-order valence-corrected chi connectivity index (χ0v) is 19.2.